The van der Waals surface area contributed by atoms with E-state index in [0.29, 0.717) is 20.7 Å². The molecular weight excluding hydrogens is 179 g/mol. The molecule has 1 aromatic carbocycles. The van der Waals surface area contributed by atoms with Gasteiger partial charge in [-0.2, -0.15) is 0 Å². The predicted octanol–water partition coefficient (Wildman–Crippen LogP) is 0.770. The van der Waals surface area contributed by atoms with E-state index in [4.69, 9.17) is 5.11 Å². The van der Waals surface area contributed by atoms with E-state index in [1.807, 2.05) is 12.1 Å². The number of hydrogen-bond donors (Lipinski definition) is 1. The molecule has 0 bridgehead atoms. The molecule has 0 saturated heterocycles. The maximum atomic E-state index is 8.95. The molecule has 0 atom stereocenters. The van der Waals surface area contributed by atoms with Crippen LogP contribution in [0.4, 0.5) is 0 Å². The molecule has 1 N–H and O–H groups in total. The topological polar surface area (TPSA) is 20.2 Å². The van der Waals surface area contributed by atoms with Gasteiger partial charge in [0.2, 0.25) is 0 Å². The van der Waals surface area contributed by atoms with Gasteiger partial charge in [-0.25, -0.2) is 0 Å². The molecule has 2 heteroatoms. The van der Waals surface area contributed by atoms with Crippen LogP contribution in [0.25, 0.3) is 0 Å². The van der Waals surface area contributed by atoms with Crippen molar-refractivity contribution in [1.82, 2.24) is 0 Å². The fourth-order valence-electron chi connectivity index (χ4n) is 0.610. The van der Waals surface area contributed by atoms with E-state index < -0.39 is 0 Å². The first-order chi connectivity index (χ1) is 4.33. The van der Waals surface area contributed by atoms with Gasteiger partial charge in [0.05, 0.1) is 0 Å². The SMILES string of the molecule is C[Se]c1cccc(O)c1. The molecule has 9 heavy (non-hydrogen) atoms. The second kappa shape index (κ2) is 2.90. The molecule has 1 aromatic rings. The summed E-state index contributed by atoms with van der Waals surface area (Å²) in [6.07, 6.45) is 0. The fourth-order valence-corrected chi connectivity index (χ4v) is 1.56. The minimum atomic E-state index is 0.372. The van der Waals surface area contributed by atoms with Crippen LogP contribution in [0, 0.1) is 0 Å². The molecular formula is C7H8OSe. The average molecular weight is 187 g/mol. The summed E-state index contributed by atoms with van der Waals surface area (Å²) in [7, 11) is 0. The van der Waals surface area contributed by atoms with Crippen molar-refractivity contribution in [1.29, 1.82) is 0 Å². The van der Waals surface area contributed by atoms with Crippen LogP contribution in [0.3, 0.4) is 0 Å². The zero-order valence-corrected chi connectivity index (χ0v) is 6.88. The standard InChI is InChI=1S/C7H8OSe/c1-9-7-4-2-3-6(8)5-7/h2-5,8H,1H3. The molecule has 0 aromatic heterocycles. The average Bonchev–Trinajstić information content (AvgIpc) is 1.88. The van der Waals surface area contributed by atoms with Crippen molar-refractivity contribution in [2.24, 2.45) is 0 Å². The van der Waals surface area contributed by atoms with Crippen molar-refractivity contribution < 1.29 is 5.11 Å². The molecule has 48 valence electrons. The molecule has 0 unspecified atom stereocenters. The summed E-state index contributed by atoms with van der Waals surface area (Å²) in [6.45, 7) is 0. The normalized spacial score (nSPS) is 9.44. The Morgan fingerprint density at radius 3 is 2.67 bits per heavy atom. The van der Waals surface area contributed by atoms with Gasteiger partial charge in [0.25, 0.3) is 0 Å². The Hall–Kier alpha value is -0.461. The van der Waals surface area contributed by atoms with E-state index >= 15 is 0 Å². The van der Waals surface area contributed by atoms with Crippen molar-refractivity contribution in [3.63, 3.8) is 0 Å². The van der Waals surface area contributed by atoms with Gasteiger partial charge < -0.3 is 0 Å². The van der Waals surface area contributed by atoms with Crippen LogP contribution in [-0.2, 0) is 0 Å². The van der Waals surface area contributed by atoms with Crippen LogP contribution in [0.15, 0.2) is 24.3 Å². The summed E-state index contributed by atoms with van der Waals surface area (Å²) >= 11 is 0.499. The molecule has 0 amide bonds. The van der Waals surface area contributed by atoms with E-state index in [2.05, 4.69) is 5.82 Å². The van der Waals surface area contributed by atoms with Gasteiger partial charge in [-0.05, 0) is 0 Å². The van der Waals surface area contributed by atoms with Crippen LogP contribution in [0.1, 0.15) is 0 Å². The van der Waals surface area contributed by atoms with E-state index in [0.717, 1.165) is 0 Å². The Labute approximate surface area is 60.9 Å². The van der Waals surface area contributed by atoms with E-state index in [9.17, 15) is 0 Å². The van der Waals surface area contributed by atoms with Crippen LogP contribution in [-0.4, -0.2) is 20.1 Å². The third-order valence-electron chi connectivity index (χ3n) is 1.05. The zero-order chi connectivity index (χ0) is 6.69. The third kappa shape index (κ3) is 1.74. The Bertz CT molecular complexity index is 198. The van der Waals surface area contributed by atoms with Crippen molar-refractivity contribution in [2.75, 3.05) is 0 Å². The summed E-state index contributed by atoms with van der Waals surface area (Å²) in [5.41, 5.74) is 0. The second-order valence-electron chi connectivity index (χ2n) is 1.70. The molecule has 0 aliphatic carbocycles. The maximum absolute atomic E-state index is 8.95. The van der Waals surface area contributed by atoms with Crippen LogP contribution >= 0.6 is 0 Å². The summed E-state index contributed by atoms with van der Waals surface area (Å²) in [5, 5.41) is 8.95. The Morgan fingerprint density at radius 2 is 2.22 bits per heavy atom. The molecule has 1 rings (SSSR count). The van der Waals surface area contributed by atoms with E-state index in [1.54, 1.807) is 12.1 Å². The van der Waals surface area contributed by atoms with E-state index in [1.165, 1.54) is 4.46 Å². The quantitative estimate of drug-likeness (QED) is 0.644. The first-order valence-corrected chi connectivity index (χ1v) is 5.23. The monoisotopic (exact) mass is 188 g/mol. The number of hydrogen-bond acceptors (Lipinski definition) is 1. The molecule has 0 spiro atoms. The zero-order valence-electron chi connectivity index (χ0n) is 5.16. The first-order valence-electron chi connectivity index (χ1n) is 2.66. The molecule has 0 radical (unpaired) electrons. The number of phenols is 1. The Balaban J connectivity index is 2.94. The summed E-state index contributed by atoms with van der Waals surface area (Å²) < 4.78 is 1.24. The van der Waals surface area contributed by atoms with Crippen LogP contribution in [0.5, 0.6) is 5.75 Å². The number of rotatable bonds is 1. The number of benzene rings is 1. The van der Waals surface area contributed by atoms with Crippen molar-refractivity contribution >= 4 is 19.4 Å². The molecule has 0 saturated carbocycles. The summed E-state index contributed by atoms with van der Waals surface area (Å²) in [4.78, 5) is 0. The van der Waals surface area contributed by atoms with Crippen molar-refractivity contribution in [3.8, 4) is 5.75 Å². The molecule has 0 heterocycles. The summed E-state index contributed by atoms with van der Waals surface area (Å²) in [5.74, 6) is 2.50. The number of aromatic hydroxyl groups is 1. The van der Waals surface area contributed by atoms with Gasteiger partial charge in [-0.15, -0.1) is 0 Å². The molecule has 0 fully saturated rings. The van der Waals surface area contributed by atoms with Crippen LogP contribution < -0.4 is 4.46 Å². The van der Waals surface area contributed by atoms with Gasteiger partial charge >= 0.3 is 60.4 Å². The van der Waals surface area contributed by atoms with Gasteiger partial charge in [0.1, 0.15) is 0 Å². The Kier molecular flexibility index (Phi) is 2.15. The van der Waals surface area contributed by atoms with Crippen molar-refractivity contribution in [2.45, 2.75) is 5.82 Å². The predicted molar refractivity (Wildman–Crippen MR) is 39.4 cm³/mol. The van der Waals surface area contributed by atoms with Gasteiger partial charge in [-0.3, -0.25) is 0 Å². The third-order valence-corrected chi connectivity index (χ3v) is 2.58. The molecule has 0 aliphatic rings. The summed E-state index contributed by atoms with van der Waals surface area (Å²) in [6, 6.07) is 7.39. The van der Waals surface area contributed by atoms with Crippen molar-refractivity contribution in [3.05, 3.63) is 24.3 Å². The molecule has 1 nitrogen and oxygen atoms in total. The Morgan fingerprint density at radius 1 is 1.44 bits per heavy atom. The fraction of sp³-hybridized carbons (Fsp3) is 0.143. The van der Waals surface area contributed by atoms with Gasteiger partial charge in [0.15, 0.2) is 0 Å². The van der Waals surface area contributed by atoms with Gasteiger partial charge in [-0.1, -0.05) is 0 Å². The van der Waals surface area contributed by atoms with E-state index in [-0.39, 0.29) is 0 Å². The molecule has 0 aliphatic heterocycles. The van der Waals surface area contributed by atoms with Gasteiger partial charge in [0, 0.05) is 0 Å². The first kappa shape index (κ1) is 6.66. The number of phenolic OH excluding ortho intramolecular Hbond substituents is 1. The minimum absolute atomic E-state index is 0.372. The second-order valence-corrected chi connectivity index (χ2v) is 3.55. The van der Waals surface area contributed by atoms with Crippen LogP contribution in [0.2, 0.25) is 5.82 Å².